The second-order valence-corrected chi connectivity index (χ2v) is 6.76. The SMILES string of the molecule is COc1cc2c(cc1NC(=O)Cn1nnc3ccccc3c1=O)oc1ccccc12. The van der Waals surface area contributed by atoms with E-state index in [1.165, 1.54) is 7.11 Å². The lowest BCUT2D eigenvalue weighted by Crippen LogP contribution is -2.30. The Kier molecular flexibility index (Phi) is 4.17. The first-order valence-electron chi connectivity index (χ1n) is 9.26. The molecule has 0 spiro atoms. The summed E-state index contributed by atoms with van der Waals surface area (Å²) in [6.07, 6.45) is 0. The molecule has 0 bridgehead atoms. The minimum Gasteiger partial charge on any atom is -0.495 e. The summed E-state index contributed by atoms with van der Waals surface area (Å²) in [5.74, 6) is 0.0507. The summed E-state index contributed by atoms with van der Waals surface area (Å²) in [5.41, 5.74) is 1.91. The number of fused-ring (bicyclic) bond motifs is 4. The number of carbonyl (C=O) groups excluding carboxylic acids is 1. The predicted molar refractivity (Wildman–Crippen MR) is 113 cm³/mol. The van der Waals surface area contributed by atoms with Gasteiger partial charge < -0.3 is 14.5 Å². The molecule has 8 heteroatoms. The molecule has 2 aromatic heterocycles. The Balaban J connectivity index is 1.47. The number of nitrogens with zero attached hydrogens (tertiary/aromatic N) is 3. The second-order valence-electron chi connectivity index (χ2n) is 6.76. The van der Waals surface area contributed by atoms with Gasteiger partial charge in [-0.25, -0.2) is 4.68 Å². The first-order valence-corrected chi connectivity index (χ1v) is 9.26. The van der Waals surface area contributed by atoms with Crippen LogP contribution in [0.2, 0.25) is 0 Å². The molecule has 1 N–H and O–H groups in total. The number of carbonyl (C=O) groups is 1. The molecule has 3 aromatic carbocycles. The van der Waals surface area contributed by atoms with Crippen molar-refractivity contribution in [3.63, 3.8) is 0 Å². The molecule has 0 aliphatic heterocycles. The number of anilines is 1. The molecule has 0 saturated carbocycles. The number of furan rings is 1. The third kappa shape index (κ3) is 2.95. The molecular weight excluding hydrogens is 384 g/mol. The highest BCUT2D eigenvalue weighted by atomic mass is 16.5. The zero-order chi connectivity index (χ0) is 20.7. The Hall–Kier alpha value is -4.20. The van der Waals surface area contributed by atoms with E-state index in [-0.39, 0.29) is 12.1 Å². The second kappa shape index (κ2) is 7.00. The number of amides is 1. The molecule has 1 amide bonds. The normalized spacial score (nSPS) is 11.2. The predicted octanol–water partition coefficient (Wildman–Crippen LogP) is 3.34. The number of para-hydroxylation sites is 1. The highest BCUT2D eigenvalue weighted by molar-refractivity contribution is 6.07. The number of rotatable bonds is 4. The average molecular weight is 400 g/mol. The Bertz CT molecular complexity index is 1490. The maximum Gasteiger partial charge on any atom is 0.278 e. The van der Waals surface area contributed by atoms with E-state index in [9.17, 15) is 9.59 Å². The molecule has 148 valence electrons. The van der Waals surface area contributed by atoms with Crippen LogP contribution in [-0.4, -0.2) is 28.0 Å². The van der Waals surface area contributed by atoms with Gasteiger partial charge in [-0.05, 0) is 24.3 Å². The maximum atomic E-state index is 12.6. The van der Waals surface area contributed by atoms with Crippen LogP contribution in [0.5, 0.6) is 5.75 Å². The fourth-order valence-corrected chi connectivity index (χ4v) is 3.47. The van der Waals surface area contributed by atoms with Crippen molar-refractivity contribution in [3.05, 3.63) is 71.0 Å². The molecule has 0 fully saturated rings. The molecular formula is C22H16N4O4. The average Bonchev–Trinajstić information content (AvgIpc) is 3.12. The number of hydrogen-bond donors (Lipinski definition) is 1. The van der Waals surface area contributed by atoms with Crippen molar-refractivity contribution in [1.29, 1.82) is 0 Å². The van der Waals surface area contributed by atoms with Gasteiger partial charge >= 0.3 is 0 Å². The van der Waals surface area contributed by atoms with Crippen molar-refractivity contribution in [1.82, 2.24) is 15.0 Å². The number of benzene rings is 3. The van der Waals surface area contributed by atoms with Gasteiger partial charge in [0.05, 0.1) is 18.2 Å². The lowest BCUT2D eigenvalue weighted by molar-refractivity contribution is -0.117. The van der Waals surface area contributed by atoms with Gasteiger partial charge in [0, 0.05) is 16.8 Å². The van der Waals surface area contributed by atoms with Crippen molar-refractivity contribution in [2.45, 2.75) is 6.54 Å². The van der Waals surface area contributed by atoms with Gasteiger partial charge in [-0.2, -0.15) is 0 Å². The topological polar surface area (TPSA) is 99.2 Å². The molecule has 2 heterocycles. The van der Waals surface area contributed by atoms with E-state index in [0.29, 0.717) is 27.9 Å². The molecule has 0 radical (unpaired) electrons. The van der Waals surface area contributed by atoms with Gasteiger partial charge in [-0.3, -0.25) is 9.59 Å². The Morgan fingerprint density at radius 2 is 1.80 bits per heavy atom. The van der Waals surface area contributed by atoms with Crippen LogP contribution in [0.1, 0.15) is 0 Å². The Morgan fingerprint density at radius 1 is 1.03 bits per heavy atom. The summed E-state index contributed by atoms with van der Waals surface area (Å²) in [6.45, 7) is -0.280. The van der Waals surface area contributed by atoms with E-state index in [4.69, 9.17) is 9.15 Å². The van der Waals surface area contributed by atoms with Crippen molar-refractivity contribution in [2.24, 2.45) is 0 Å². The third-order valence-electron chi connectivity index (χ3n) is 4.90. The number of nitrogens with one attached hydrogen (secondary N) is 1. The summed E-state index contributed by atoms with van der Waals surface area (Å²) in [7, 11) is 1.53. The van der Waals surface area contributed by atoms with E-state index in [1.54, 1.807) is 30.3 Å². The largest absolute Gasteiger partial charge is 0.495 e. The smallest absolute Gasteiger partial charge is 0.278 e. The van der Waals surface area contributed by atoms with E-state index in [0.717, 1.165) is 21.0 Å². The molecule has 0 aliphatic carbocycles. The molecule has 0 unspecified atom stereocenters. The first-order chi connectivity index (χ1) is 14.6. The van der Waals surface area contributed by atoms with E-state index >= 15 is 0 Å². The van der Waals surface area contributed by atoms with Crippen LogP contribution in [0, 0.1) is 0 Å². The van der Waals surface area contributed by atoms with Gasteiger partial charge in [-0.1, -0.05) is 35.5 Å². The number of methoxy groups -OCH3 is 1. The van der Waals surface area contributed by atoms with Crippen LogP contribution >= 0.6 is 0 Å². The molecule has 5 rings (SSSR count). The summed E-state index contributed by atoms with van der Waals surface area (Å²) in [6, 6.07) is 18.1. The number of ether oxygens (including phenoxy) is 1. The molecule has 5 aromatic rings. The number of aromatic nitrogens is 3. The zero-order valence-electron chi connectivity index (χ0n) is 16.0. The van der Waals surface area contributed by atoms with E-state index < -0.39 is 5.91 Å². The number of hydrogen-bond acceptors (Lipinski definition) is 6. The van der Waals surface area contributed by atoms with Crippen molar-refractivity contribution >= 4 is 44.4 Å². The Labute approximate surface area is 169 Å². The maximum absolute atomic E-state index is 12.6. The van der Waals surface area contributed by atoms with Crippen LogP contribution < -0.4 is 15.6 Å². The fourth-order valence-electron chi connectivity index (χ4n) is 3.47. The standard InChI is InChI=1S/C22H16N4O4/c1-29-20-10-15-13-6-3-5-9-18(13)30-19(15)11-17(20)23-21(27)12-26-22(28)14-7-2-4-8-16(14)24-25-26/h2-11H,12H2,1H3,(H,23,27). The highest BCUT2D eigenvalue weighted by Gasteiger charge is 2.15. The summed E-state index contributed by atoms with van der Waals surface area (Å²) in [5, 5.41) is 12.9. The lowest BCUT2D eigenvalue weighted by Gasteiger charge is -2.11. The molecule has 8 nitrogen and oxygen atoms in total. The Morgan fingerprint density at radius 3 is 2.63 bits per heavy atom. The molecule has 0 atom stereocenters. The monoisotopic (exact) mass is 400 g/mol. The van der Waals surface area contributed by atoms with Crippen LogP contribution in [0.25, 0.3) is 32.8 Å². The molecule has 30 heavy (non-hydrogen) atoms. The fraction of sp³-hybridized carbons (Fsp3) is 0.0909. The lowest BCUT2D eigenvalue weighted by atomic mass is 10.1. The van der Waals surface area contributed by atoms with Crippen molar-refractivity contribution < 1.29 is 13.9 Å². The quantitative estimate of drug-likeness (QED) is 0.497. The summed E-state index contributed by atoms with van der Waals surface area (Å²) in [4.78, 5) is 25.2. The van der Waals surface area contributed by atoms with Crippen LogP contribution in [0.3, 0.4) is 0 Å². The van der Waals surface area contributed by atoms with Crippen molar-refractivity contribution in [3.8, 4) is 5.75 Å². The van der Waals surface area contributed by atoms with Crippen LogP contribution in [0.4, 0.5) is 5.69 Å². The van der Waals surface area contributed by atoms with Crippen LogP contribution in [-0.2, 0) is 11.3 Å². The van der Waals surface area contributed by atoms with Crippen LogP contribution in [0.15, 0.2) is 69.9 Å². The zero-order valence-corrected chi connectivity index (χ0v) is 16.0. The van der Waals surface area contributed by atoms with Gasteiger partial charge in [0.2, 0.25) is 5.91 Å². The van der Waals surface area contributed by atoms with Crippen molar-refractivity contribution in [2.75, 3.05) is 12.4 Å². The first kappa shape index (κ1) is 17.9. The molecule has 0 saturated heterocycles. The highest BCUT2D eigenvalue weighted by Crippen LogP contribution is 2.36. The van der Waals surface area contributed by atoms with E-state index in [1.807, 2.05) is 30.3 Å². The van der Waals surface area contributed by atoms with Gasteiger partial charge in [0.1, 0.15) is 29.0 Å². The summed E-state index contributed by atoms with van der Waals surface area (Å²) < 4.78 is 12.4. The van der Waals surface area contributed by atoms with Gasteiger partial charge in [0.15, 0.2) is 0 Å². The minimum atomic E-state index is -0.435. The summed E-state index contributed by atoms with van der Waals surface area (Å²) >= 11 is 0. The minimum absolute atomic E-state index is 0.280. The molecule has 0 aliphatic rings. The van der Waals surface area contributed by atoms with Gasteiger partial charge in [0.25, 0.3) is 5.56 Å². The van der Waals surface area contributed by atoms with Gasteiger partial charge in [-0.15, -0.1) is 5.10 Å². The third-order valence-corrected chi connectivity index (χ3v) is 4.90. The van der Waals surface area contributed by atoms with E-state index in [2.05, 4.69) is 15.6 Å².